The molecular formula is C7H10NS+. The number of hydrogen-bond donors (Lipinski definition) is 0. The molecule has 1 aliphatic carbocycles. The number of nitrogens with zero attached hydrogens (tertiary/aromatic N) is 1. The third-order valence-corrected chi connectivity index (χ3v) is 3.05. The lowest BCUT2D eigenvalue weighted by Crippen LogP contribution is -2.39. The Bertz CT molecular complexity index is 199. The lowest BCUT2D eigenvalue weighted by Gasteiger charge is -1.94. The van der Waals surface area contributed by atoms with Crippen molar-refractivity contribution in [1.82, 2.24) is 0 Å². The summed E-state index contributed by atoms with van der Waals surface area (Å²) < 4.78 is 2.34. The molecule has 48 valence electrons. The topological polar surface area (TPSA) is 3.88 Å². The van der Waals surface area contributed by atoms with Gasteiger partial charge in [-0.05, 0) is 0 Å². The third kappa shape index (κ3) is 0.778. The predicted octanol–water partition coefficient (Wildman–Crippen LogP) is 1.54. The van der Waals surface area contributed by atoms with E-state index in [2.05, 4.69) is 28.5 Å². The zero-order valence-corrected chi connectivity index (χ0v) is 6.32. The van der Waals surface area contributed by atoms with Crippen molar-refractivity contribution in [2.45, 2.75) is 25.3 Å². The minimum absolute atomic E-state index is 0.508. The molecule has 2 rings (SSSR count). The van der Waals surface area contributed by atoms with Gasteiger partial charge in [-0.25, -0.2) is 0 Å². The highest BCUT2D eigenvalue weighted by Crippen LogP contribution is 2.37. The molecule has 1 aliphatic rings. The monoisotopic (exact) mass is 140 g/mol. The smallest absolute Gasteiger partial charge is 0.136 e. The van der Waals surface area contributed by atoms with Crippen LogP contribution in [0.3, 0.4) is 0 Å². The highest BCUT2D eigenvalue weighted by Gasteiger charge is 2.48. The van der Waals surface area contributed by atoms with E-state index in [1.165, 1.54) is 12.8 Å². The van der Waals surface area contributed by atoms with Gasteiger partial charge in [0.25, 0.3) is 0 Å². The fourth-order valence-corrected chi connectivity index (χ4v) is 1.81. The quantitative estimate of drug-likeness (QED) is 0.521. The fraction of sp³-hybridized carbons (Fsp3) is 0.571. The van der Waals surface area contributed by atoms with E-state index in [-0.39, 0.29) is 0 Å². The lowest BCUT2D eigenvalue weighted by molar-refractivity contribution is -0.671. The Kier molecular flexibility index (Phi) is 0.943. The minimum atomic E-state index is 0.508. The number of rotatable bonds is 1. The van der Waals surface area contributed by atoms with Gasteiger partial charge in [-0.1, -0.05) is 0 Å². The van der Waals surface area contributed by atoms with Crippen LogP contribution in [0.4, 0.5) is 0 Å². The van der Waals surface area contributed by atoms with Crippen LogP contribution in [0.2, 0.25) is 0 Å². The molecule has 0 N–H and O–H groups in total. The lowest BCUT2D eigenvalue weighted by atomic mass is 10.3. The molecule has 0 amide bonds. The molecule has 1 nitrogen and oxygen atoms in total. The van der Waals surface area contributed by atoms with Gasteiger partial charge in [-0.3, -0.25) is 0 Å². The summed E-state index contributed by atoms with van der Waals surface area (Å²) in [6.07, 6.45) is 4.88. The van der Waals surface area contributed by atoms with E-state index < -0.39 is 0 Å². The molecule has 0 unspecified atom stereocenters. The Hall–Kier alpha value is -0.370. The molecule has 0 aliphatic heterocycles. The summed E-state index contributed by atoms with van der Waals surface area (Å²) in [6, 6.07) is 2.11. The van der Waals surface area contributed by atoms with Crippen molar-refractivity contribution in [3.8, 4) is 0 Å². The van der Waals surface area contributed by atoms with Gasteiger partial charge in [0.15, 0.2) is 11.7 Å². The molecule has 0 bridgehead atoms. The van der Waals surface area contributed by atoms with E-state index >= 15 is 0 Å². The summed E-state index contributed by atoms with van der Waals surface area (Å²) in [4.78, 5) is 0. The second-order valence-corrected chi connectivity index (χ2v) is 3.78. The van der Waals surface area contributed by atoms with Crippen molar-refractivity contribution in [2.75, 3.05) is 0 Å². The zero-order valence-electron chi connectivity index (χ0n) is 5.50. The first-order chi connectivity index (χ1) is 4.31. The van der Waals surface area contributed by atoms with Crippen LogP contribution in [0.5, 0.6) is 0 Å². The predicted molar refractivity (Wildman–Crippen MR) is 37.4 cm³/mol. The van der Waals surface area contributed by atoms with Gasteiger partial charge >= 0.3 is 0 Å². The number of hydrogen-bond acceptors (Lipinski definition) is 1. The molecule has 0 saturated heterocycles. The van der Waals surface area contributed by atoms with Gasteiger partial charge in [0.2, 0.25) is 0 Å². The summed E-state index contributed by atoms with van der Waals surface area (Å²) in [5.41, 5.74) is 0.508. The minimum Gasteiger partial charge on any atom is -0.136 e. The molecule has 0 radical (unpaired) electrons. The molecule has 1 saturated carbocycles. The maximum Gasteiger partial charge on any atom is 0.184 e. The molecule has 9 heavy (non-hydrogen) atoms. The molecule has 1 heterocycles. The van der Waals surface area contributed by atoms with Crippen molar-refractivity contribution in [3.05, 3.63) is 17.6 Å². The summed E-state index contributed by atoms with van der Waals surface area (Å²) in [5.74, 6) is 0. The Labute approximate surface area is 59.1 Å². The summed E-state index contributed by atoms with van der Waals surface area (Å²) in [7, 11) is 0. The average Bonchev–Trinajstić information content (AvgIpc) is 2.46. The van der Waals surface area contributed by atoms with Crippen LogP contribution >= 0.6 is 11.5 Å². The van der Waals surface area contributed by atoms with Crippen LogP contribution < -0.4 is 3.96 Å². The normalized spacial score (nSPS) is 21.9. The molecular weight excluding hydrogens is 130 g/mol. The van der Waals surface area contributed by atoms with Gasteiger partial charge in [0, 0.05) is 25.8 Å². The fourth-order valence-electron chi connectivity index (χ4n) is 0.958. The van der Waals surface area contributed by atoms with Crippen LogP contribution in [0.15, 0.2) is 17.6 Å². The van der Waals surface area contributed by atoms with Crippen LogP contribution in [0.1, 0.15) is 19.8 Å². The second kappa shape index (κ2) is 1.57. The SMILES string of the molecule is CC1([n+]2cccs2)CC1. The zero-order chi connectivity index (χ0) is 6.32. The molecule has 0 atom stereocenters. The largest absolute Gasteiger partial charge is 0.184 e. The van der Waals surface area contributed by atoms with Crippen molar-refractivity contribution < 1.29 is 3.96 Å². The van der Waals surface area contributed by atoms with E-state index in [4.69, 9.17) is 0 Å². The van der Waals surface area contributed by atoms with Gasteiger partial charge in [0.05, 0.1) is 5.38 Å². The molecule has 0 aromatic carbocycles. The van der Waals surface area contributed by atoms with Crippen molar-refractivity contribution >= 4 is 11.5 Å². The Morgan fingerprint density at radius 2 is 2.33 bits per heavy atom. The van der Waals surface area contributed by atoms with Gasteiger partial charge in [-0.2, -0.15) is 0 Å². The molecule has 1 fully saturated rings. The highest BCUT2D eigenvalue weighted by molar-refractivity contribution is 6.99. The van der Waals surface area contributed by atoms with Crippen molar-refractivity contribution in [1.29, 1.82) is 0 Å². The molecule has 2 heteroatoms. The average molecular weight is 140 g/mol. The first-order valence-corrected chi connectivity index (χ1v) is 4.11. The standard InChI is InChI=1S/C7H10NS/c1-7(3-4-7)8-5-2-6-9-8/h2,5-6H,3-4H2,1H3/q+1. The van der Waals surface area contributed by atoms with Crippen molar-refractivity contribution in [2.24, 2.45) is 0 Å². The van der Waals surface area contributed by atoms with Crippen LogP contribution in [-0.2, 0) is 5.54 Å². The number of aromatic nitrogens is 1. The van der Waals surface area contributed by atoms with Crippen LogP contribution in [0, 0.1) is 0 Å². The van der Waals surface area contributed by atoms with Crippen molar-refractivity contribution in [3.63, 3.8) is 0 Å². The van der Waals surface area contributed by atoms with Crippen LogP contribution in [-0.4, -0.2) is 0 Å². The molecule has 1 aromatic heterocycles. The molecule has 0 spiro atoms. The highest BCUT2D eigenvalue weighted by atomic mass is 32.1. The Morgan fingerprint density at radius 1 is 1.56 bits per heavy atom. The Balaban J connectivity index is 2.34. The summed E-state index contributed by atoms with van der Waals surface area (Å²) in [6.45, 7) is 2.31. The third-order valence-electron chi connectivity index (χ3n) is 1.98. The van der Waals surface area contributed by atoms with Gasteiger partial charge in [-0.15, -0.1) is 3.96 Å². The first-order valence-electron chi connectivity index (χ1n) is 3.27. The van der Waals surface area contributed by atoms with E-state index in [0.29, 0.717) is 5.54 Å². The summed E-state index contributed by atoms with van der Waals surface area (Å²) >= 11 is 1.81. The summed E-state index contributed by atoms with van der Waals surface area (Å²) in [5, 5.41) is 2.13. The van der Waals surface area contributed by atoms with E-state index in [9.17, 15) is 0 Å². The second-order valence-electron chi connectivity index (χ2n) is 2.91. The maximum absolute atomic E-state index is 2.34. The van der Waals surface area contributed by atoms with Gasteiger partial charge < -0.3 is 0 Å². The van der Waals surface area contributed by atoms with E-state index in [1.807, 2.05) is 11.5 Å². The Morgan fingerprint density at radius 3 is 2.78 bits per heavy atom. The van der Waals surface area contributed by atoms with Gasteiger partial charge in [0.1, 0.15) is 11.5 Å². The van der Waals surface area contributed by atoms with E-state index in [0.717, 1.165) is 0 Å². The maximum atomic E-state index is 2.34. The molecule has 1 aromatic rings. The van der Waals surface area contributed by atoms with Crippen LogP contribution in [0.25, 0.3) is 0 Å². The first kappa shape index (κ1) is 5.42. The van der Waals surface area contributed by atoms with E-state index in [1.54, 1.807) is 0 Å².